The smallest absolute Gasteiger partial charge is 0.246 e. The zero-order valence-electron chi connectivity index (χ0n) is 16.2. The second-order valence-corrected chi connectivity index (χ2v) is 6.37. The van der Waals surface area contributed by atoms with Gasteiger partial charge in [-0.05, 0) is 37.8 Å². The lowest BCUT2D eigenvalue weighted by Crippen LogP contribution is -2.00. The molecule has 7 nitrogen and oxygen atoms in total. The third-order valence-electron chi connectivity index (χ3n) is 4.11. The van der Waals surface area contributed by atoms with E-state index >= 15 is 0 Å². The molecule has 0 rings (SSSR count). The quantitative estimate of drug-likeness (QED) is 0.140. The van der Waals surface area contributed by atoms with Crippen LogP contribution in [-0.2, 0) is 4.79 Å². The van der Waals surface area contributed by atoms with E-state index in [1.165, 1.54) is 18.6 Å². The molecular weight excluding hydrogens is 348 g/mol. The number of allylic oxidation sites excluding steroid dienone is 5. The highest BCUT2D eigenvalue weighted by molar-refractivity contribution is 5.50. The van der Waals surface area contributed by atoms with E-state index in [2.05, 4.69) is 6.92 Å². The van der Waals surface area contributed by atoms with Crippen LogP contribution in [0.5, 0.6) is 0 Å². The molecule has 0 aromatic carbocycles. The van der Waals surface area contributed by atoms with Crippen molar-refractivity contribution in [1.29, 1.82) is 0 Å². The number of nitrogens with zero attached hydrogens (tertiary/aromatic N) is 2. The lowest BCUT2D eigenvalue weighted by atomic mass is 10.1. The molecule has 0 amide bonds. The largest absolute Gasteiger partial charge is 0.291 e. The van der Waals surface area contributed by atoms with Crippen molar-refractivity contribution in [2.45, 2.75) is 84.0 Å². The van der Waals surface area contributed by atoms with E-state index in [4.69, 9.17) is 0 Å². The first-order valence-electron chi connectivity index (χ1n) is 9.69. The molecule has 1 radical (unpaired) electrons. The van der Waals surface area contributed by atoms with E-state index in [0.717, 1.165) is 32.1 Å². The second kappa shape index (κ2) is 17.1. The summed E-state index contributed by atoms with van der Waals surface area (Å²) in [6.07, 6.45) is 16.9. The monoisotopic (exact) mass is 379 g/mol. The lowest BCUT2D eigenvalue weighted by molar-refractivity contribution is -0.428. The van der Waals surface area contributed by atoms with Gasteiger partial charge in [0.15, 0.2) is 6.29 Å². The number of unbranched alkanes of at least 4 members (excludes halogenated alkanes) is 7. The molecule has 7 heteroatoms. The lowest BCUT2D eigenvalue weighted by Gasteiger charge is -2.00. The maximum atomic E-state index is 11.1. The molecular formula is C20H31N2O5. The molecule has 27 heavy (non-hydrogen) atoms. The van der Waals surface area contributed by atoms with Gasteiger partial charge in [-0.1, -0.05) is 51.2 Å². The summed E-state index contributed by atoms with van der Waals surface area (Å²) in [7, 11) is 0. The summed E-state index contributed by atoms with van der Waals surface area (Å²) in [6.45, 7) is 2.14. The third kappa shape index (κ3) is 14.5. The number of hydrogen-bond donors (Lipinski definition) is 0. The molecule has 0 saturated carbocycles. The average molecular weight is 379 g/mol. The van der Waals surface area contributed by atoms with Crippen molar-refractivity contribution in [2.24, 2.45) is 0 Å². The first-order chi connectivity index (χ1) is 13.0. The van der Waals surface area contributed by atoms with Crippen LogP contribution in [0.2, 0.25) is 0 Å². The van der Waals surface area contributed by atoms with Crippen LogP contribution in [0.3, 0.4) is 0 Å². The standard InChI is InChI=1S/C20H31N2O5/c1-2-3-4-5-7-10-14-19(21(24)25)16-13-17-20(22(26)27)15-11-8-6-9-12-18-23/h8,11,16-17H,2-7,9-10,12-15H2,1H3/b11-8-,19-16+,20-17+. The van der Waals surface area contributed by atoms with Gasteiger partial charge in [0.1, 0.15) is 0 Å². The molecule has 151 valence electrons. The van der Waals surface area contributed by atoms with E-state index in [1.54, 1.807) is 18.4 Å². The molecule has 0 atom stereocenters. The molecule has 0 unspecified atom stereocenters. The number of nitro groups is 2. The summed E-state index contributed by atoms with van der Waals surface area (Å²) >= 11 is 0. The van der Waals surface area contributed by atoms with Crippen molar-refractivity contribution in [3.8, 4) is 0 Å². The Kier molecular flexibility index (Phi) is 15.7. The summed E-state index contributed by atoms with van der Waals surface area (Å²) in [5.41, 5.74) is 0.150. The van der Waals surface area contributed by atoms with Crippen LogP contribution in [0.15, 0.2) is 35.7 Å². The van der Waals surface area contributed by atoms with Crippen LogP contribution in [0.1, 0.15) is 84.0 Å². The fourth-order valence-electron chi connectivity index (χ4n) is 2.53. The molecule has 0 aliphatic heterocycles. The minimum Gasteiger partial charge on any atom is -0.291 e. The van der Waals surface area contributed by atoms with Crippen molar-refractivity contribution >= 4 is 6.29 Å². The minimum atomic E-state index is -0.461. The molecule has 0 N–H and O–H groups in total. The normalized spacial score (nSPS) is 12.5. The van der Waals surface area contributed by atoms with Crippen LogP contribution in [0, 0.1) is 20.2 Å². The van der Waals surface area contributed by atoms with Gasteiger partial charge in [-0.3, -0.25) is 25.0 Å². The van der Waals surface area contributed by atoms with Crippen LogP contribution in [0.25, 0.3) is 0 Å². The first kappa shape index (κ1) is 24.7. The zero-order valence-corrected chi connectivity index (χ0v) is 16.2. The predicted molar refractivity (Wildman–Crippen MR) is 106 cm³/mol. The van der Waals surface area contributed by atoms with Crippen LogP contribution in [0.4, 0.5) is 0 Å². The highest BCUT2D eigenvalue weighted by atomic mass is 16.6. The van der Waals surface area contributed by atoms with Crippen LogP contribution < -0.4 is 0 Å². The van der Waals surface area contributed by atoms with E-state index in [-0.39, 0.29) is 24.2 Å². The van der Waals surface area contributed by atoms with Crippen molar-refractivity contribution in [1.82, 2.24) is 0 Å². The number of rotatable bonds is 17. The van der Waals surface area contributed by atoms with Crippen LogP contribution in [-0.4, -0.2) is 16.1 Å². The Hall–Kier alpha value is -2.31. The highest BCUT2D eigenvalue weighted by Crippen LogP contribution is 2.14. The van der Waals surface area contributed by atoms with Crippen molar-refractivity contribution in [3.05, 3.63) is 55.9 Å². The Morgan fingerprint density at radius 1 is 0.889 bits per heavy atom. The van der Waals surface area contributed by atoms with Gasteiger partial charge in [-0.25, -0.2) is 0 Å². The Labute approximate surface area is 161 Å². The topological polar surface area (TPSA) is 103 Å². The van der Waals surface area contributed by atoms with Crippen molar-refractivity contribution in [3.63, 3.8) is 0 Å². The van der Waals surface area contributed by atoms with Gasteiger partial charge in [0.25, 0.3) is 0 Å². The first-order valence-corrected chi connectivity index (χ1v) is 9.69. The predicted octanol–water partition coefficient (Wildman–Crippen LogP) is 5.67. The Morgan fingerprint density at radius 3 is 2.15 bits per heavy atom. The molecule has 0 fully saturated rings. The molecule has 0 spiro atoms. The SMILES string of the molecule is CCCCCCCC/C(=C\C/C=C(\C/C=C\CCC[C]=O)[N+](=O)[O-])[N+](=O)[O-]. The molecule has 0 saturated heterocycles. The van der Waals surface area contributed by atoms with E-state index in [9.17, 15) is 25.0 Å². The third-order valence-corrected chi connectivity index (χ3v) is 4.11. The van der Waals surface area contributed by atoms with Gasteiger partial charge in [0.05, 0.1) is 16.3 Å². The maximum Gasteiger partial charge on any atom is 0.246 e. The van der Waals surface area contributed by atoms with Crippen molar-refractivity contribution in [2.75, 3.05) is 0 Å². The van der Waals surface area contributed by atoms with E-state index in [1.807, 2.05) is 0 Å². The highest BCUT2D eigenvalue weighted by Gasteiger charge is 2.11. The average Bonchev–Trinajstić information content (AvgIpc) is 2.63. The Morgan fingerprint density at radius 2 is 1.52 bits per heavy atom. The fraction of sp³-hybridized carbons (Fsp3) is 0.650. The van der Waals surface area contributed by atoms with Gasteiger partial charge in [0, 0.05) is 12.8 Å². The van der Waals surface area contributed by atoms with Crippen LogP contribution >= 0.6 is 0 Å². The van der Waals surface area contributed by atoms with E-state index in [0.29, 0.717) is 25.7 Å². The molecule has 0 heterocycles. The van der Waals surface area contributed by atoms with E-state index < -0.39 is 9.85 Å². The van der Waals surface area contributed by atoms with Gasteiger partial charge in [-0.2, -0.15) is 0 Å². The number of hydrogen-bond acceptors (Lipinski definition) is 5. The maximum absolute atomic E-state index is 11.1. The fourth-order valence-corrected chi connectivity index (χ4v) is 2.53. The summed E-state index contributed by atoms with van der Waals surface area (Å²) < 4.78 is 0. The minimum absolute atomic E-state index is 0.0201. The zero-order chi connectivity index (χ0) is 20.3. The number of carbonyl (C=O) groups excluding carboxylic acids is 1. The van der Waals surface area contributed by atoms with Gasteiger partial charge in [-0.15, -0.1) is 0 Å². The molecule has 0 aromatic heterocycles. The molecule has 0 bridgehead atoms. The Bertz CT molecular complexity index is 538. The summed E-state index contributed by atoms with van der Waals surface area (Å²) in [5, 5.41) is 22.2. The molecule has 0 aromatic rings. The van der Waals surface area contributed by atoms with Gasteiger partial charge in [0.2, 0.25) is 11.4 Å². The van der Waals surface area contributed by atoms with Gasteiger partial charge >= 0.3 is 0 Å². The molecule has 0 aliphatic rings. The Balaban J connectivity index is 4.48. The molecule has 0 aliphatic carbocycles. The van der Waals surface area contributed by atoms with Crippen molar-refractivity contribution < 1.29 is 14.6 Å². The summed E-state index contributed by atoms with van der Waals surface area (Å²) in [4.78, 5) is 31.4. The summed E-state index contributed by atoms with van der Waals surface area (Å²) in [6, 6.07) is 0. The second-order valence-electron chi connectivity index (χ2n) is 6.37. The van der Waals surface area contributed by atoms with Gasteiger partial charge < -0.3 is 0 Å². The summed E-state index contributed by atoms with van der Waals surface area (Å²) in [5.74, 6) is 0.